The lowest BCUT2D eigenvalue weighted by Crippen LogP contribution is -2.13. The molecule has 0 unspecified atom stereocenters. The molecule has 0 bridgehead atoms. The highest BCUT2D eigenvalue weighted by Crippen LogP contribution is 2.23. The molecule has 1 aromatic heterocycles. The first-order valence-corrected chi connectivity index (χ1v) is 10.7. The summed E-state index contributed by atoms with van der Waals surface area (Å²) in [5.41, 5.74) is 3.17. The van der Waals surface area contributed by atoms with Gasteiger partial charge in [0.05, 0.1) is 25.1 Å². The van der Waals surface area contributed by atoms with Gasteiger partial charge in [-0.2, -0.15) is 5.10 Å². The van der Waals surface area contributed by atoms with Crippen LogP contribution in [-0.4, -0.2) is 31.2 Å². The number of hydrogen-bond donors (Lipinski definition) is 0. The van der Waals surface area contributed by atoms with Crippen molar-refractivity contribution in [3.05, 3.63) is 72.3 Å². The molecule has 0 N–H and O–H groups in total. The van der Waals surface area contributed by atoms with Crippen molar-refractivity contribution in [1.82, 2.24) is 4.68 Å². The summed E-state index contributed by atoms with van der Waals surface area (Å²) in [7, 11) is 1.68. The van der Waals surface area contributed by atoms with Crippen molar-refractivity contribution in [1.29, 1.82) is 0 Å². The molecule has 134 valence electrons. The first kappa shape index (κ1) is 19.5. The second kappa shape index (κ2) is 9.59. The summed E-state index contributed by atoms with van der Waals surface area (Å²) in [6.07, 6.45) is 1.88. The number of benzene rings is 2. The van der Waals surface area contributed by atoms with Crippen LogP contribution in [0, 0.1) is 3.57 Å². The molecule has 3 rings (SSSR count). The minimum Gasteiger partial charge on any atom is -0.383 e. The number of rotatable bonds is 6. The van der Waals surface area contributed by atoms with E-state index in [0.717, 1.165) is 29.7 Å². The van der Waals surface area contributed by atoms with Gasteiger partial charge in [0.15, 0.2) is 0 Å². The van der Waals surface area contributed by atoms with Crippen molar-refractivity contribution < 1.29 is 4.74 Å². The van der Waals surface area contributed by atoms with Crippen LogP contribution >= 0.6 is 49.9 Å². The quantitative estimate of drug-likeness (QED) is 0.245. The monoisotopic (exact) mass is 541 g/mol. The maximum atomic E-state index is 5.11. The first-order chi connectivity index (χ1) is 12.7. The Balaban J connectivity index is 2.06. The molecule has 0 saturated heterocycles. The van der Waals surface area contributed by atoms with E-state index in [2.05, 4.69) is 73.2 Å². The average Bonchev–Trinajstić information content (AvgIpc) is 3.04. The molecule has 0 aliphatic rings. The number of hydrogen-bond acceptors (Lipinski definition) is 4. The predicted octanol–water partition coefficient (Wildman–Crippen LogP) is 5.01. The maximum absolute atomic E-state index is 5.11. The fourth-order valence-electron chi connectivity index (χ4n) is 2.30. The molecule has 3 aromatic rings. The SMILES string of the molecule is COCCN=c1scc(-c2cccc(Br)c2)n1N=Cc1ccccc1I. The lowest BCUT2D eigenvalue weighted by molar-refractivity contribution is 0.207. The first-order valence-electron chi connectivity index (χ1n) is 7.94. The van der Waals surface area contributed by atoms with Crippen LogP contribution in [0.3, 0.4) is 0 Å². The van der Waals surface area contributed by atoms with E-state index in [-0.39, 0.29) is 0 Å². The Hall–Kier alpha value is -1.29. The van der Waals surface area contributed by atoms with Gasteiger partial charge in [-0.05, 0) is 40.8 Å². The molecule has 0 amide bonds. The van der Waals surface area contributed by atoms with Gasteiger partial charge in [-0.15, -0.1) is 11.3 Å². The molecule has 0 spiro atoms. The van der Waals surface area contributed by atoms with Crippen LogP contribution in [0.4, 0.5) is 0 Å². The van der Waals surface area contributed by atoms with E-state index in [1.54, 1.807) is 18.4 Å². The van der Waals surface area contributed by atoms with Crippen LogP contribution in [0.15, 0.2) is 68.5 Å². The Morgan fingerprint density at radius 1 is 1.23 bits per heavy atom. The number of halogens is 2. The van der Waals surface area contributed by atoms with Gasteiger partial charge in [0, 0.05) is 31.7 Å². The van der Waals surface area contributed by atoms with Crippen LogP contribution in [0.2, 0.25) is 0 Å². The van der Waals surface area contributed by atoms with E-state index < -0.39 is 0 Å². The number of aromatic nitrogens is 1. The molecule has 0 fully saturated rings. The Bertz CT molecular complexity index is 981. The van der Waals surface area contributed by atoms with Gasteiger partial charge >= 0.3 is 0 Å². The standard InChI is InChI=1S/C19H17BrIN3OS/c1-25-10-9-22-19-24(23-12-15-5-2-3-8-17(15)21)18(13-26-19)14-6-4-7-16(20)11-14/h2-8,11-13H,9-10H2,1H3. The Morgan fingerprint density at radius 3 is 2.85 bits per heavy atom. The van der Waals surface area contributed by atoms with E-state index in [1.165, 1.54) is 0 Å². The highest BCUT2D eigenvalue weighted by Gasteiger charge is 2.08. The zero-order chi connectivity index (χ0) is 18.4. The van der Waals surface area contributed by atoms with Crippen LogP contribution in [-0.2, 0) is 4.74 Å². The number of nitrogens with zero attached hydrogens (tertiary/aromatic N) is 3. The summed E-state index contributed by atoms with van der Waals surface area (Å²) >= 11 is 7.44. The minimum absolute atomic E-state index is 0.588. The number of methoxy groups -OCH3 is 1. The minimum atomic E-state index is 0.588. The third-order valence-corrected chi connectivity index (χ3v) is 5.90. The molecule has 0 radical (unpaired) electrons. The lowest BCUT2D eigenvalue weighted by atomic mass is 10.2. The van der Waals surface area contributed by atoms with Gasteiger partial charge in [0.1, 0.15) is 0 Å². The number of thiazole rings is 1. The zero-order valence-corrected chi connectivity index (χ0v) is 18.7. The summed E-state index contributed by atoms with van der Waals surface area (Å²) < 4.78 is 9.20. The van der Waals surface area contributed by atoms with Gasteiger partial charge in [0.25, 0.3) is 0 Å². The molecule has 2 aromatic carbocycles. The fourth-order valence-corrected chi connectivity index (χ4v) is 4.09. The Labute approximate surface area is 178 Å². The molecule has 0 aliphatic carbocycles. The normalized spacial score (nSPS) is 12.2. The van der Waals surface area contributed by atoms with Gasteiger partial charge < -0.3 is 4.74 Å². The zero-order valence-electron chi connectivity index (χ0n) is 14.1. The maximum Gasteiger partial charge on any atom is 0.206 e. The Kier molecular flexibility index (Phi) is 7.18. The van der Waals surface area contributed by atoms with Crippen molar-refractivity contribution in [2.45, 2.75) is 0 Å². The smallest absolute Gasteiger partial charge is 0.206 e. The summed E-state index contributed by atoms with van der Waals surface area (Å²) in [5, 5.41) is 6.81. The van der Waals surface area contributed by atoms with Crippen LogP contribution in [0.5, 0.6) is 0 Å². The van der Waals surface area contributed by atoms with Gasteiger partial charge in [-0.25, -0.2) is 4.68 Å². The molecule has 7 heteroatoms. The third kappa shape index (κ3) is 4.91. The average molecular weight is 542 g/mol. The van der Waals surface area contributed by atoms with Crippen LogP contribution in [0.25, 0.3) is 11.3 Å². The summed E-state index contributed by atoms with van der Waals surface area (Å²) in [6, 6.07) is 16.4. The summed E-state index contributed by atoms with van der Waals surface area (Å²) in [4.78, 5) is 5.47. The van der Waals surface area contributed by atoms with E-state index in [4.69, 9.17) is 9.84 Å². The van der Waals surface area contributed by atoms with E-state index in [0.29, 0.717) is 13.2 Å². The van der Waals surface area contributed by atoms with E-state index >= 15 is 0 Å². The van der Waals surface area contributed by atoms with E-state index in [9.17, 15) is 0 Å². The highest BCUT2D eigenvalue weighted by atomic mass is 127. The molecular weight excluding hydrogens is 525 g/mol. The van der Waals surface area contributed by atoms with Crippen molar-refractivity contribution in [2.24, 2.45) is 10.1 Å². The van der Waals surface area contributed by atoms with E-state index in [1.807, 2.05) is 35.2 Å². The second-order valence-electron chi connectivity index (χ2n) is 5.37. The molecule has 0 atom stereocenters. The topological polar surface area (TPSA) is 38.9 Å². The van der Waals surface area contributed by atoms with Crippen molar-refractivity contribution in [3.63, 3.8) is 0 Å². The summed E-state index contributed by atoms with van der Waals surface area (Å²) in [6.45, 7) is 1.19. The molecule has 1 heterocycles. The Morgan fingerprint density at radius 2 is 2.08 bits per heavy atom. The van der Waals surface area contributed by atoms with Crippen LogP contribution in [0.1, 0.15) is 5.56 Å². The largest absolute Gasteiger partial charge is 0.383 e. The lowest BCUT2D eigenvalue weighted by Gasteiger charge is -2.05. The van der Waals surface area contributed by atoms with Crippen molar-refractivity contribution >= 4 is 56.1 Å². The molecule has 26 heavy (non-hydrogen) atoms. The number of ether oxygens (including phenoxy) is 1. The molecule has 4 nitrogen and oxygen atoms in total. The van der Waals surface area contributed by atoms with Gasteiger partial charge in [-0.3, -0.25) is 4.99 Å². The molecule has 0 aliphatic heterocycles. The summed E-state index contributed by atoms with van der Waals surface area (Å²) in [5.74, 6) is 0. The van der Waals surface area contributed by atoms with Gasteiger partial charge in [-0.1, -0.05) is 46.3 Å². The molecule has 0 saturated carbocycles. The third-order valence-electron chi connectivity index (χ3n) is 3.57. The predicted molar refractivity (Wildman–Crippen MR) is 120 cm³/mol. The molecular formula is C19H17BrIN3OS. The van der Waals surface area contributed by atoms with Crippen molar-refractivity contribution in [2.75, 3.05) is 20.3 Å². The second-order valence-corrected chi connectivity index (χ2v) is 8.28. The van der Waals surface area contributed by atoms with Crippen molar-refractivity contribution in [3.8, 4) is 11.3 Å². The highest BCUT2D eigenvalue weighted by molar-refractivity contribution is 14.1. The van der Waals surface area contributed by atoms with Gasteiger partial charge in [0.2, 0.25) is 4.80 Å². The fraction of sp³-hybridized carbons (Fsp3) is 0.158. The van der Waals surface area contributed by atoms with Crippen LogP contribution < -0.4 is 4.80 Å².